The molecule has 59 heavy (non-hydrogen) atoms. The monoisotopic (exact) mass is 767 g/mol. The molecule has 3 nitrogen and oxygen atoms in total. The molecule has 12 rings (SSSR count). The Morgan fingerprint density at radius 2 is 0.966 bits per heavy atom. The molecule has 0 saturated heterocycles. The van der Waals surface area contributed by atoms with Crippen LogP contribution in [0, 0.1) is 0 Å². The quantitative estimate of drug-likeness (QED) is 0.164. The van der Waals surface area contributed by atoms with Crippen molar-refractivity contribution in [1.29, 1.82) is 0 Å². The summed E-state index contributed by atoms with van der Waals surface area (Å²) in [6.45, 7) is 0. The minimum absolute atomic E-state index is 0.672. The standard InChI is InChI=1S/C55H33N3S/c1-4-17-43-35(11-1)13-10-20-45(43)50-33-49(37-26-23-34(24-27-37)38-29-30-44-39(31-38)28-25-36-12-2-3-16-42(36)44)57-55(58-50)41-15-9-14-40(32-41)53-52-47-19-6-8-22-51(47)59-54(52)46-18-5-7-21-48(46)56-53/h1-33H. The van der Waals surface area contributed by atoms with Crippen molar-refractivity contribution in [3.63, 3.8) is 0 Å². The number of hydrogen-bond acceptors (Lipinski definition) is 4. The second-order valence-corrected chi connectivity index (χ2v) is 16.2. The van der Waals surface area contributed by atoms with Gasteiger partial charge in [-0.2, -0.15) is 0 Å². The SMILES string of the molecule is c1cc(-c2nc(-c3ccc(-c4ccc5c(ccc6ccccc65)c4)cc3)cc(-c3cccc4ccccc34)n2)cc(-c2nc3ccccc3c3sc4ccccc4c23)c1. The predicted octanol–water partition coefficient (Wildman–Crippen LogP) is 15.2. The van der Waals surface area contributed by atoms with Crippen LogP contribution >= 0.6 is 11.3 Å². The molecule has 0 unspecified atom stereocenters. The highest BCUT2D eigenvalue weighted by Gasteiger charge is 2.18. The van der Waals surface area contributed by atoms with Crippen LogP contribution in [-0.4, -0.2) is 15.0 Å². The summed E-state index contributed by atoms with van der Waals surface area (Å²) in [5, 5.41) is 11.0. The molecule has 0 aliphatic heterocycles. The van der Waals surface area contributed by atoms with Crippen molar-refractivity contribution >= 4 is 74.7 Å². The first-order chi connectivity index (χ1) is 29.2. The number of aromatic nitrogens is 3. The third-order valence-corrected chi connectivity index (χ3v) is 12.9. The van der Waals surface area contributed by atoms with Gasteiger partial charge in [0.25, 0.3) is 0 Å². The molecule has 0 radical (unpaired) electrons. The van der Waals surface area contributed by atoms with E-state index in [1.807, 2.05) is 11.3 Å². The Labute approximate surface area is 344 Å². The number of benzene rings is 9. The third-order valence-electron chi connectivity index (χ3n) is 11.7. The van der Waals surface area contributed by atoms with Crippen molar-refractivity contribution in [3.8, 4) is 56.3 Å². The van der Waals surface area contributed by atoms with Gasteiger partial charge in [-0.3, -0.25) is 0 Å². The zero-order valence-electron chi connectivity index (χ0n) is 31.8. The Morgan fingerprint density at radius 3 is 1.85 bits per heavy atom. The summed E-state index contributed by atoms with van der Waals surface area (Å²) in [4.78, 5) is 16.0. The van der Waals surface area contributed by atoms with E-state index in [-0.39, 0.29) is 0 Å². The minimum Gasteiger partial charge on any atom is -0.247 e. The molecule has 3 heterocycles. The zero-order chi connectivity index (χ0) is 38.9. The molecule has 0 aliphatic rings. The van der Waals surface area contributed by atoms with Crippen molar-refractivity contribution in [2.45, 2.75) is 0 Å². The fourth-order valence-corrected chi connectivity index (χ4v) is 10.00. The summed E-state index contributed by atoms with van der Waals surface area (Å²) in [6, 6.07) is 71.4. The normalized spacial score (nSPS) is 11.7. The van der Waals surface area contributed by atoms with E-state index in [1.165, 1.54) is 58.1 Å². The Bertz CT molecular complexity index is 3620. The molecule has 0 amide bonds. The van der Waals surface area contributed by atoms with Gasteiger partial charge in [-0.25, -0.2) is 15.0 Å². The Kier molecular flexibility index (Phi) is 7.72. The van der Waals surface area contributed by atoms with E-state index in [4.69, 9.17) is 15.0 Å². The predicted molar refractivity (Wildman–Crippen MR) is 250 cm³/mol. The number of fused-ring (bicyclic) bond motifs is 9. The zero-order valence-corrected chi connectivity index (χ0v) is 32.6. The van der Waals surface area contributed by atoms with Crippen LogP contribution in [0.15, 0.2) is 200 Å². The van der Waals surface area contributed by atoms with Crippen molar-refractivity contribution < 1.29 is 0 Å². The van der Waals surface area contributed by atoms with Gasteiger partial charge in [0.15, 0.2) is 5.82 Å². The molecule has 3 aromatic heterocycles. The van der Waals surface area contributed by atoms with Gasteiger partial charge in [0.2, 0.25) is 0 Å². The lowest BCUT2D eigenvalue weighted by Gasteiger charge is -2.13. The second kappa shape index (κ2) is 13.6. The molecule has 0 atom stereocenters. The smallest absolute Gasteiger partial charge is 0.160 e. The molecule has 0 fully saturated rings. The van der Waals surface area contributed by atoms with Crippen LogP contribution in [0.3, 0.4) is 0 Å². The van der Waals surface area contributed by atoms with Crippen LogP contribution in [0.2, 0.25) is 0 Å². The molecule has 4 heteroatoms. The summed E-state index contributed by atoms with van der Waals surface area (Å²) < 4.78 is 2.52. The summed E-state index contributed by atoms with van der Waals surface area (Å²) in [6.07, 6.45) is 0. The van der Waals surface area contributed by atoms with Gasteiger partial charge in [0.1, 0.15) is 0 Å². The van der Waals surface area contributed by atoms with Crippen LogP contribution in [0.4, 0.5) is 0 Å². The Morgan fingerprint density at radius 1 is 0.339 bits per heavy atom. The average molecular weight is 768 g/mol. The maximum atomic E-state index is 5.32. The lowest BCUT2D eigenvalue weighted by Crippen LogP contribution is -1.97. The van der Waals surface area contributed by atoms with Gasteiger partial charge in [-0.05, 0) is 73.8 Å². The first-order valence-electron chi connectivity index (χ1n) is 19.9. The molecular weight excluding hydrogens is 735 g/mol. The lowest BCUT2D eigenvalue weighted by molar-refractivity contribution is 1.18. The lowest BCUT2D eigenvalue weighted by atomic mass is 9.96. The topological polar surface area (TPSA) is 38.7 Å². The Balaban J connectivity index is 1.00. The molecule has 12 aromatic rings. The highest BCUT2D eigenvalue weighted by atomic mass is 32.1. The fourth-order valence-electron chi connectivity index (χ4n) is 8.76. The van der Waals surface area contributed by atoms with Crippen LogP contribution in [-0.2, 0) is 0 Å². The van der Waals surface area contributed by atoms with Gasteiger partial charge in [0, 0.05) is 47.8 Å². The summed E-state index contributed by atoms with van der Waals surface area (Å²) >= 11 is 1.84. The van der Waals surface area contributed by atoms with Crippen LogP contribution in [0.5, 0.6) is 0 Å². The number of hydrogen-bond donors (Lipinski definition) is 0. The van der Waals surface area contributed by atoms with Crippen molar-refractivity contribution in [2.75, 3.05) is 0 Å². The van der Waals surface area contributed by atoms with E-state index in [0.29, 0.717) is 5.82 Å². The van der Waals surface area contributed by atoms with Crippen LogP contribution in [0.25, 0.3) is 120 Å². The molecular formula is C55H33N3S. The highest BCUT2D eigenvalue weighted by Crippen LogP contribution is 2.43. The molecule has 0 spiro atoms. The first kappa shape index (κ1) is 33.6. The van der Waals surface area contributed by atoms with Gasteiger partial charge >= 0.3 is 0 Å². The van der Waals surface area contributed by atoms with Gasteiger partial charge in [-0.15, -0.1) is 11.3 Å². The maximum absolute atomic E-state index is 5.32. The van der Waals surface area contributed by atoms with Crippen LogP contribution < -0.4 is 0 Å². The highest BCUT2D eigenvalue weighted by molar-refractivity contribution is 7.26. The van der Waals surface area contributed by atoms with Crippen LogP contribution in [0.1, 0.15) is 0 Å². The summed E-state index contributed by atoms with van der Waals surface area (Å²) in [5.41, 5.74) is 10.1. The fraction of sp³-hybridized carbons (Fsp3) is 0. The number of nitrogens with zero attached hydrogens (tertiary/aromatic N) is 3. The molecule has 0 aliphatic carbocycles. The van der Waals surface area contributed by atoms with E-state index in [2.05, 4.69) is 200 Å². The largest absolute Gasteiger partial charge is 0.247 e. The van der Waals surface area contributed by atoms with Crippen molar-refractivity contribution in [3.05, 3.63) is 200 Å². The third kappa shape index (κ3) is 5.68. The average Bonchev–Trinajstić information content (AvgIpc) is 3.71. The molecule has 0 saturated carbocycles. The van der Waals surface area contributed by atoms with Gasteiger partial charge < -0.3 is 0 Å². The van der Waals surface area contributed by atoms with E-state index < -0.39 is 0 Å². The molecule has 0 bridgehead atoms. The maximum Gasteiger partial charge on any atom is 0.160 e. The number of rotatable bonds is 5. The molecule has 274 valence electrons. The van der Waals surface area contributed by atoms with Crippen molar-refractivity contribution in [1.82, 2.24) is 15.0 Å². The van der Waals surface area contributed by atoms with Gasteiger partial charge in [-0.1, -0.05) is 170 Å². The molecule has 0 N–H and O–H groups in total. The summed E-state index contributed by atoms with van der Waals surface area (Å²) in [5.74, 6) is 0.672. The Hall–Kier alpha value is -7.53. The van der Waals surface area contributed by atoms with E-state index in [0.717, 1.165) is 55.8 Å². The van der Waals surface area contributed by atoms with Gasteiger partial charge in [0.05, 0.1) is 22.6 Å². The van der Waals surface area contributed by atoms with E-state index >= 15 is 0 Å². The summed E-state index contributed by atoms with van der Waals surface area (Å²) in [7, 11) is 0. The van der Waals surface area contributed by atoms with Crippen molar-refractivity contribution in [2.24, 2.45) is 0 Å². The second-order valence-electron chi connectivity index (χ2n) is 15.1. The first-order valence-corrected chi connectivity index (χ1v) is 20.7. The number of para-hydroxylation sites is 1. The number of thiophene rings is 1. The molecule has 9 aromatic carbocycles. The van der Waals surface area contributed by atoms with E-state index in [1.54, 1.807) is 0 Å². The number of pyridine rings is 1. The minimum atomic E-state index is 0.672. The van der Waals surface area contributed by atoms with E-state index in [9.17, 15) is 0 Å².